The van der Waals surface area contributed by atoms with E-state index >= 15 is 0 Å². The number of methoxy groups -OCH3 is 1. The van der Waals surface area contributed by atoms with E-state index in [0.29, 0.717) is 22.6 Å². The summed E-state index contributed by atoms with van der Waals surface area (Å²) in [6.45, 7) is 1.67. The van der Waals surface area contributed by atoms with Gasteiger partial charge < -0.3 is 25.0 Å². The predicted octanol–water partition coefficient (Wildman–Crippen LogP) is 2.31. The summed E-state index contributed by atoms with van der Waals surface area (Å²) in [5, 5.41) is 6.64. The average Bonchev–Trinajstić information content (AvgIpc) is 3.26. The molecule has 0 aliphatic carbocycles. The number of nitrogens with two attached hydrogens (primary N) is 1. The summed E-state index contributed by atoms with van der Waals surface area (Å²) < 4.78 is 29.4. The normalized spacial score (nSPS) is 10.6. The van der Waals surface area contributed by atoms with Gasteiger partial charge in [-0.15, -0.1) is 0 Å². The van der Waals surface area contributed by atoms with Crippen LogP contribution >= 0.6 is 0 Å². The Kier molecular flexibility index (Phi) is 7.37. The van der Waals surface area contributed by atoms with Crippen LogP contribution in [0.25, 0.3) is 11.4 Å². The van der Waals surface area contributed by atoms with E-state index in [1.165, 1.54) is 13.2 Å². The van der Waals surface area contributed by atoms with Crippen LogP contribution in [0.2, 0.25) is 0 Å². The number of benzene rings is 2. The zero-order valence-electron chi connectivity index (χ0n) is 17.7. The second kappa shape index (κ2) is 10.4. The van der Waals surface area contributed by atoms with Crippen LogP contribution < -0.4 is 20.5 Å². The van der Waals surface area contributed by atoms with Crippen molar-refractivity contribution in [2.45, 2.75) is 26.3 Å². The molecule has 3 aromatic rings. The van der Waals surface area contributed by atoms with Gasteiger partial charge in [-0.1, -0.05) is 23.4 Å². The molecule has 9 nitrogen and oxygen atoms in total. The highest BCUT2D eigenvalue weighted by molar-refractivity contribution is 5.76. The summed E-state index contributed by atoms with van der Waals surface area (Å²) in [4.78, 5) is 27.3. The molecule has 0 bridgehead atoms. The van der Waals surface area contributed by atoms with E-state index in [2.05, 4.69) is 15.5 Å². The van der Waals surface area contributed by atoms with Crippen molar-refractivity contribution < 1.29 is 28.0 Å². The Labute approximate surface area is 183 Å². The molecule has 0 fully saturated rings. The fourth-order valence-electron chi connectivity index (χ4n) is 2.81. The number of primary amides is 1. The number of aromatic nitrogens is 2. The number of hydrogen-bond acceptors (Lipinski definition) is 7. The first-order chi connectivity index (χ1) is 15.4. The van der Waals surface area contributed by atoms with Crippen molar-refractivity contribution in [1.82, 2.24) is 15.5 Å². The minimum Gasteiger partial charge on any atom is -0.493 e. The predicted molar refractivity (Wildman–Crippen MR) is 112 cm³/mol. The number of carbonyl (C=O) groups excluding carboxylic acids is 2. The molecular weight excluding hydrogens is 419 g/mol. The molecule has 3 rings (SSSR count). The summed E-state index contributed by atoms with van der Waals surface area (Å²) in [5.74, 6) is 0.198. The van der Waals surface area contributed by atoms with E-state index < -0.39 is 5.91 Å². The molecular formula is C22H23FN4O5. The highest BCUT2D eigenvalue weighted by Gasteiger charge is 2.13. The van der Waals surface area contributed by atoms with Gasteiger partial charge in [0.2, 0.25) is 17.6 Å². The largest absolute Gasteiger partial charge is 0.493 e. The highest BCUT2D eigenvalue weighted by Crippen LogP contribution is 2.28. The topological polar surface area (TPSA) is 130 Å². The molecule has 2 amide bonds. The van der Waals surface area contributed by atoms with E-state index in [4.69, 9.17) is 19.7 Å². The van der Waals surface area contributed by atoms with Gasteiger partial charge in [-0.3, -0.25) is 9.59 Å². The first-order valence-corrected chi connectivity index (χ1v) is 9.79. The number of hydrogen-bond donors (Lipinski definition) is 2. The maximum absolute atomic E-state index is 13.7. The number of ether oxygens (including phenoxy) is 2. The van der Waals surface area contributed by atoms with E-state index in [-0.39, 0.29) is 49.4 Å². The van der Waals surface area contributed by atoms with Crippen molar-refractivity contribution in [3.8, 4) is 22.9 Å². The van der Waals surface area contributed by atoms with Gasteiger partial charge in [0.25, 0.3) is 5.91 Å². The quantitative estimate of drug-likeness (QED) is 0.493. The SMILES string of the molecule is COc1cc(CNC(=O)CCc2nc(-c3ccc(C)c(F)c3)no2)ccc1OCC(N)=O. The van der Waals surface area contributed by atoms with Gasteiger partial charge in [-0.25, -0.2) is 4.39 Å². The maximum Gasteiger partial charge on any atom is 0.255 e. The van der Waals surface area contributed by atoms with Crippen LogP contribution in [0.5, 0.6) is 11.5 Å². The number of halogens is 1. The summed E-state index contributed by atoms with van der Waals surface area (Å²) >= 11 is 0. The van der Waals surface area contributed by atoms with Crippen molar-refractivity contribution in [2.24, 2.45) is 5.73 Å². The van der Waals surface area contributed by atoms with Crippen molar-refractivity contribution >= 4 is 11.8 Å². The van der Waals surface area contributed by atoms with Crippen LogP contribution in [0, 0.1) is 12.7 Å². The Balaban J connectivity index is 1.51. The van der Waals surface area contributed by atoms with Crippen LogP contribution in [0.4, 0.5) is 4.39 Å². The molecule has 0 saturated carbocycles. The standard InChI is InChI=1S/C22H23FN4O5/c1-13-3-5-15(10-16(13)23)22-26-21(32-27-22)8-7-20(29)25-11-14-4-6-17(18(9-14)30-2)31-12-19(24)28/h3-6,9-10H,7-8,11-12H2,1-2H3,(H2,24,28)(H,25,29). The van der Waals surface area contributed by atoms with Crippen LogP contribution in [0.1, 0.15) is 23.4 Å². The van der Waals surface area contributed by atoms with Gasteiger partial charge >= 0.3 is 0 Å². The maximum atomic E-state index is 13.7. The molecule has 0 aliphatic heterocycles. The fraction of sp³-hybridized carbons (Fsp3) is 0.273. The fourth-order valence-corrected chi connectivity index (χ4v) is 2.81. The van der Waals surface area contributed by atoms with Gasteiger partial charge in [-0.2, -0.15) is 4.98 Å². The molecule has 2 aromatic carbocycles. The van der Waals surface area contributed by atoms with Gasteiger partial charge in [-0.05, 0) is 36.2 Å². The Morgan fingerprint density at radius 1 is 1.19 bits per heavy atom. The van der Waals surface area contributed by atoms with Crippen LogP contribution in [0.3, 0.4) is 0 Å². The summed E-state index contributed by atoms with van der Waals surface area (Å²) in [5.41, 5.74) is 6.89. The molecule has 0 aliphatic rings. The number of aryl methyl sites for hydroxylation is 2. The lowest BCUT2D eigenvalue weighted by Crippen LogP contribution is -2.23. The number of nitrogens with zero attached hydrogens (tertiary/aromatic N) is 2. The second-order valence-corrected chi connectivity index (χ2v) is 6.99. The van der Waals surface area contributed by atoms with Gasteiger partial charge in [0.15, 0.2) is 18.1 Å². The summed E-state index contributed by atoms with van der Waals surface area (Å²) in [6.07, 6.45) is 0.386. The van der Waals surface area contributed by atoms with Gasteiger partial charge in [0.05, 0.1) is 7.11 Å². The monoisotopic (exact) mass is 442 g/mol. The Morgan fingerprint density at radius 2 is 2.00 bits per heavy atom. The van der Waals surface area contributed by atoms with Gasteiger partial charge in [0.1, 0.15) is 5.82 Å². The summed E-state index contributed by atoms with van der Waals surface area (Å²) in [6, 6.07) is 9.76. The number of nitrogens with one attached hydrogen (secondary N) is 1. The Hall–Kier alpha value is -3.95. The zero-order chi connectivity index (χ0) is 23.1. The molecule has 10 heteroatoms. The third kappa shape index (κ3) is 6.03. The van der Waals surface area contributed by atoms with E-state index in [1.54, 1.807) is 37.3 Å². The molecule has 1 heterocycles. The smallest absolute Gasteiger partial charge is 0.255 e. The Morgan fingerprint density at radius 3 is 2.72 bits per heavy atom. The van der Waals surface area contributed by atoms with Crippen molar-refractivity contribution in [2.75, 3.05) is 13.7 Å². The first kappa shape index (κ1) is 22.7. The summed E-state index contributed by atoms with van der Waals surface area (Å²) in [7, 11) is 1.47. The van der Waals surface area contributed by atoms with E-state index in [0.717, 1.165) is 5.56 Å². The van der Waals surface area contributed by atoms with Gasteiger partial charge in [0, 0.05) is 24.9 Å². The minimum absolute atomic E-state index is 0.140. The molecule has 3 N–H and O–H groups in total. The average molecular weight is 442 g/mol. The van der Waals surface area contributed by atoms with Crippen LogP contribution in [0.15, 0.2) is 40.9 Å². The third-order valence-electron chi connectivity index (χ3n) is 4.55. The second-order valence-electron chi connectivity index (χ2n) is 6.99. The molecule has 0 spiro atoms. The van der Waals surface area contributed by atoms with Crippen LogP contribution in [-0.4, -0.2) is 35.7 Å². The molecule has 1 aromatic heterocycles. The lowest BCUT2D eigenvalue weighted by molar-refractivity contribution is -0.121. The molecule has 0 radical (unpaired) electrons. The van der Waals surface area contributed by atoms with E-state index in [1.807, 2.05) is 0 Å². The lowest BCUT2D eigenvalue weighted by atomic mass is 10.1. The molecule has 0 atom stereocenters. The number of rotatable bonds is 10. The van der Waals surface area contributed by atoms with Crippen molar-refractivity contribution in [3.05, 3.63) is 59.2 Å². The molecule has 168 valence electrons. The van der Waals surface area contributed by atoms with E-state index in [9.17, 15) is 14.0 Å². The van der Waals surface area contributed by atoms with Crippen molar-refractivity contribution in [3.63, 3.8) is 0 Å². The molecule has 0 unspecified atom stereocenters. The highest BCUT2D eigenvalue weighted by atomic mass is 19.1. The number of carbonyl (C=O) groups is 2. The van der Waals surface area contributed by atoms with Crippen molar-refractivity contribution in [1.29, 1.82) is 0 Å². The Bertz CT molecular complexity index is 1120. The zero-order valence-corrected chi connectivity index (χ0v) is 17.7. The molecule has 32 heavy (non-hydrogen) atoms. The van der Waals surface area contributed by atoms with Crippen LogP contribution in [-0.2, 0) is 22.6 Å². The minimum atomic E-state index is -0.595. The first-order valence-electron chi connectivity index (χ1n) is 9.79. The number of amides is 2. The third-order valence-corrected chi connectivity index (χ3v) is 4.55. The lowest BCUT2D eigenvalue weighted by Gasteiger charge is -2.11. The molecule has 0 saturated heterocycles.